The lowest BCUT2D eigenvalue weighted by Gasteiger charge is -2.05. The van der Waals surface area contributed by atoms with Crippen molar-refractivity contribution in [1.29, 1.82) is 0 Å². The Kier molecular flexibility index (Phi) is 4.18. The fourth-order valence-corrected chi connectivity index (χ4v) is 1.88. The van der Waals surface area contributed by atoms with Gasteiger partial charge in [-0.15, -0.1) is 0 Å². The molecule has 0 aliphatic rings. The average molecular weight is 200 g/mol. The fourth-order valence-electron chi connectivity index (χ4n) is 1.09. The van der Waals surface area contributed by atoms with Gasteiger partial charge in [-0.1, -0.05) is 24.7 Å². The molecule has 0 spiro atoms. The molecular formula is C9H16N2OS. The maximum absolute atomic E-state index is 5.90. The molecule has 1 rings (SSSR count). The van der Waals surface area contributed by atoms with Crippen molar-refractivity contribution in [3.8, 4) is 5.19 Å². The molecule has 1 aromatic heterocycles. The quantitative estimate of drug-likeness (QED) is 0.793. The molecule has 0 saturated heterocycles. The summed E-state index contributed by atoms with van der Waals surface area (Å²) in [6, 6.07) is 0.0652. The third kappa shape index (κ3) is 2.97. The molecule has 74 valence electrons. The summed E-state index contributed by atoms with van der Waals surface area (Å²) in [6.07, 6.45) is 2.07. The highest BCUT2D eigenvalue weighted by Gasteiger charge is 2.09. The van der Waals surface area contributed by atoms with Crippen LogP contribution in [0.4, 0.5) is 0 Å². The smallest absolute Gasteiger partial charge is 0.273 e. The monoisotopic (exact) mass is 200 g/mol. The lowest BCUT2D eigenvalue weighted by Crippen LogP contribution is -2.09. The second kappa shape index (κ2) is 5.19. The highest BCUT2D eigenvalue weighted by atomic mass is 32.1. The van der Waals surface area contributed by atoms with Crippen LogP contribution >= 0.6 is 11.3 Å². The molecular weight excluding hydrogens is 184 g/mol. The van der Waals surface area contributed by atoms with Crippen molar-refractivity contribution in [3.63, 3.8) is 0 Å². The maximum atomic E-state index is 5.90. The summed E-state index contributed by atoms with van der Waals surface area (Å²) >= 11 is 1.51. The van der Waals surface area contributed by atoms with Crippen LogP contribution in [0, 0.1) is 0 Å². The largest absolute Gasteiger partial charge is 0.470 e. The van der Waals surface area contributed by atoms with Crippen LogP contribution in [0.1, 0.15) is 38.4 Å². The number of ether oxygens (including phenoxy) is 1. The third-order valence-corrected chi connectivity index (χ3v) is 2.52. The number of hydrogen-bond acceptors (Lipinski definition) is 4. The Morgan fingerprint density at radius 2 is 2.38 bits per heavy atom. The Morgan fingerprint density at radius 1 is 1.62 bits per heavy atom. The average Bonchev–Trinajstić information content (AvgIpc) is 2.54. The first kappa shape index (κ1) is 10.5. The molecule has 1 heterocycles. The van der Waals surface area contributed by atoms with E-state index in [1.807, 2.05) is 12.3 Å². The number of rotatable bonds is 5. The van der Waals surface area contributed by atoms with Crippen molar-refractivity contribution in [2.45, 2.75) is 32.7 Å². The minimum atomic E-state index is 0.0652. The lowest BCUT2D eigenvalue weighted by atomic mass is 10.1. The molecule has 13 heavy (non-hydrogen) atoms. The SMILES string of the molecule is CCCC(N)c1csc(OCC)n1. The summed E-state index contributed by atoms with van der Waals surface area (Å²) in [6.45, 7) is 4.73. The van der Waals surface area contributed by atoms with E-state index in [0.29, 0.717) is 6.61 Å². The standard InChI is InChI=1S/C9H16N2OS/c1-3-5-7(10)8-6-13-9(11-8)12-4-2/h6-7H,3-5,10H2,1-2H3. The molecule has 0 saturated carbocycles. The van der Waals surface area contributed by atoms with Gasteiger partial charge in [-0.2, -0.15) is 0 Å². The van der Waals surface area contributed by atoms with Crippen molar-refractivity contribution in [3.05, 3.63) is 11.1 Å². The molecule has 0 bridgehead atoms. The summed E-state index contributed by atoms with van der Waals surface area (Å²) in [5.74, 6) is 0. The minimum absolute atomic E-state index is 0.0652. The van der Waals surface area contributed by atoms with Crippen LogP contribution in [0.5, 0.6) is 5.19 Å². The predicted octanol–water partition coefficient (Wildman–Crippen LogP) is 2.34. The second-order valence-electron chi connectivity index (χ2n) is 2.87. The predicted molar refractivity (Wildman–Crippen MR) is 55.1 cm³/mol. The second-order valence-corrected chi connectivity index (χ2v) is 3.69. The first-order valence-electron chi connectivity index (χ1n) is 4.61. The van der Waals surface area contributed by atoms with E-state index in [4.69, 9.17) is 10.5 Å². The van der Waals surface area contributed by atoms with Gasteiger partial charge >= 0.3 is 0 Å². The Labute approximate surface area is 82.9 Å². The van der Waals surface area contributed by atoms with Crippen molar-refractivity contribution < 1.29 is 4.74 Å². The van der Waals surface area contributed by atoms with Crippen LogP contribution in [0.25, 0.3) is 0 Å². The first-order valence-corrected chi connectivity index (χ1v) is 5.49. The molecule has 2 N–H and O–H groups in total. The van der Waals surface area contributed by atoms with E-state index in [1.54, 1.807) is 0 Å². The normalized spacial score (nSPS) is 12.8. The molecule has 0 fully saturated rings. The van der Waals surface area contributed by atoms with E-state index in [9.17, 15) is 0 Å². The van der Waals surface area contributed by atoms with Crippen molar-refractivity contribution in [2.24, 2.45) is 5.73 Å². The van der Waals surface area contributed by atoms with Crippen LogP contribution in [0.2, 0.25) is 0 Å². The summed E-state index contributed by atoms with van der Waals surface area (Å²) in [5, 5.41) is 2.70. The summed E-state index contributed by atoms with van der Waals surface area (Å²) < 4.78 is 5.27. The van der Waals surface area contributed by atoms with E-state index in [-0.39, 0.29) is 6.04 Å². The van der Waals surface area contributed by atoms with Crippen LogP contribution in [0.15, 0.2) is 5.38 Å². The van der Waals surface area contributed by atoms with Gasteiger partial charge < -0.3 is 10.5 Å². The maximum Gasteiger partial charge on any atom is 0.273 e. The Hall–Kier alpha value is -0.610. The molecule has 1 atom stereocenters. The first-order chi connectivity index (χ1) is 6.27. The van der Waals surface area contributed by atoms with E-state index in [0.717, 1.165) is 23.7 Å². The zero-order valence-corrected chi connectivity index (χ0v) is 8.93. The molecule has 0 aliphatic carbocycles. The Balaban J connectivity index is 2.56. The van der Waals surface area contributed by atoms with Gasteiger partial charge in [-0.05, 0) is 13.3 Å². The van der Waals surface area contributed by atoms with Gasteiger partial charge in [-0.25, -0.2) is 4.98 Å². The molecule has 3 nitrogen and oxygen atoms in total. The van der Waals surface area contributed by atoms with Crippen LogP contribution in [-0.2, 0) is 0 Å². The number of thiazole rings is 1. The highest BCUT2D eigenvalue weighted by molar-refractivity contribution is 7.11. The van der Waals surface area contributed by atoms with Gasteiger partial charge in [-0.3, -0.25) is 0 Å². The van der Waals surface area contributed by atoms with E-state index < -0.39 is 0 Å². The molecule has 0 aliphatic heterocycles. The van der Waals surface area contributed by atoms with Crippen LogP contribution < -0.4 is 10.5 Å². The zero-order valence-electron chi connectivity index (χ0n) is 8.12. The third-order valence-electron chi connectivity index (χ3n) is 1.75. The molecule has 0 radical (unpaired) electrons. The van der Waals surface area contributed by atoms with E-state index in [2.05, 4.69) is 11.9 Å². The topological polar surface area (TPSA) is 48.1 Å². The van der Waals surface area contributed by atoms with Crippen LogP contribution in [0.3, 0.4) is 0 Å². The number of hydrogen-bond donors (Lipinski definition) is 1. The summed E-state index contributed by atoms with van der Waals surface area (Å²) in [7, 11) is 0. The van der Waals surface area contributed by atoms with Crippen LogP contribution in [-0.4, -0.2) is 11.6 Å². The van der Waals surface area contributed by atoms with Gasteiger partial charge in [0.1, 0.15) is 0 Å². The van der Waals surface area contributed by atoms with E-state index in [1.165, 1.54) is 11.3 Å². The molecule has 4 heteroatoms. The number of nitrogens with two attached hydrogens (primary N) is 1. The van der Waals surface area contributed by atoms with E-state index >= 15 is 0 Å². The molecule has 0 aromatic carbocycles. The Morgan fingerprint density at radius 3 is 3.00 bits per heavy atom. The van der Waals surface area contributed by atoms with Gasteiger partial charge in [0.15, 0.2) is 0 Å². The molecule has 1 aromatic rings. The zero-order chi connectivity index (χ0) is 9.68. The molecule has 0 amide bonds. The van der Waals surface area contributed by atoms with Gasteiger partial charge in [0.05, 0.1) is 12.3 Å². The van der Waals surface area contributed by atoms with Gasteiger partial charge in [0, 0.05) is 11.4 Å². The highest BCUT2D eigenvalue weighted by Crippen LogP contribution is 2.23. The summed E-state index contributed by atoms with van der Waals surface area (Å²) in [5.41, 5.74) is 6.86. The van der Waals surface area contributed by atoms with Crippen molar-refractivity contribution >= 4 is 11.3 Å². The van der Waals surface area contributed by atoms with Crippen molar-refractivity contribution in [1.82, 2.24) is 4.98 Å². The number of aromatic nitrogens is 1. The summed E-state index contributed by atoms with van der Waals surface area (Å²) in [4.78, 5) is 4.29. The fraction of sp³-hybridized carbons (Fsp3) is 0.667. The Bertz CT molecular complexity index is 250. The van der Waals surface area contributed by atoms with Crippen molar-refractivity contribution in [2.75, 3.05) is 6.61 Å². The van der Waals surface area contributed by atoms with Gasteiger partial charge in [0.25, 0.3) is 5.19 Å². The van der Waals surface area contributed by atoms with Gasteiger partial charge in [0.2, 0.25) is 0 Å². The number of nitrogens with zero attached hydrogens (tertiary/aromatic N) is 1. The lowest BCUT2D eigenvalue weighted by molar-refractivity contribution is 0.337. The minimum Gasteiger partial charge on any atom is -0.470 e. The molecule has 1 unspecified atom stereocenters.